The summed E-state index contributed by atoms with van der Waals surface area (Å²) in [5, 5.41) is 12.7. The van der Waals surface area contributed by atoms with E-state index in [4.69, 9.17) is 14.4 Å². The second kappa shape index (κ2) is 9.27. The van der Waals surface area contributed by atoms with E-state index in [1.807, 2.05) is 48.7 Å². The maximum absolute atomic E-state index is 12.7. The predicted octanol–water partition coefficient (Wildman–Crippen LogP) is 3.25. The van der Waals surface area contributed by atoms with Gasteiger partial charge in [0, 0.05) is 17.5 Å². The van der Waals surface area contributed by atoms with E-state index in [1.165, 1.54) is 0 Å². The highest BCUT2D eigenvalue weighted by Gasteiger charge is 2.20. The lowest BCUT2D eigenvalue weighted by Gasteiger charge is -2.11. The number of para-hydroxylation sites is 1. The maximum atomic E-state index is 12.7. The summed E-state index contributed by atoms with van der Waals surface area (Å²) >= 11 is 0. The lowest BCUT2D eigenvalue weighted by atomic mass is 10.1. The van der Waals surface area contributed by atoms with Crippen molar-refractivity contribution in [2.75, 3.05) is 27.2 Å². The highest BCUT2D eigenvalue weighted by Crippen LogP contribution is 2.26. The molecular formula is C22H25N3O4. The van der Waals surface area contributed by atoms with Crippen molar-refractivity contribution in [3.63, 3.8) is 0 Å². The van der Waals surface area contributed by atoms with E-state index in [1.54, 1.807) is 24.3 Å². The number of hydroxylamine groups is 1. The maximum Gasteiger partial charge on any atom is 0.287 e. The third-order valence-corrected chi connectivity index (χ3v) is 4.37. The SMILES string of the molecule is C=C(NO)c1ccc(OCCNC(=O)c2oc3ccccc3c2CN(C)C)cc1. The monoisotopic (exact) mass is 395 g/mol. The molecule has 3 aromatic rings. The van der Waals surface area contributed by atoms with Gasteiger partial charge >= 0.3 is 0 Å². The van der Waals surface area contributed by atoms with Gasteiger partial charge in [0.15, 0.2) is 5.76 Å². The Morgan fingerprint density at radius 3 is 2.59 bits per heavy atom. The molecule has 29 heavy (non-hydrogen) atoms. The highest BCUT2D eigenvalue weighted by molar-refractivity contribution is 5.99. The average Bonchev–Trinajstić information content (AvgIpc) is 3.09. The molecule has 2 aromatic carbocycles. The van der Waals surface area contributed by atoms with Gasteiger partial charge in [-0.25, -0.2) is 0 Å². The van der Waals surface area contributed by atoms with Crippen molar-refractivity contribution < 1.29 is 19.2 Å². The first-order valence-corrected chi connectivity index (χ1v) is 9.25. The normalized spacial score (nSPS) is 10.9. The number of amides is 1. The second-order valence-corrected chi connectivity index (χ2v) is 6.86. The molecule has 1 amide bonds. The Morgan fingerprint density at radius 2 is 1.90 bits per heavy atom. The molecule has 0 aliphatic heterocycles. The Hall–Kier alpha value is -3.29. The first kappa shape index (κ1) is 20.4. The van der Waals surface area contributed by atoms with Crippen LogP contribution in [0.5, 0.6) is 5.75 Å². The van der Waals surface area contributed by atoms with Crippen LogP contribution in [-0.2, 0) is 6.54 Å². The fraction of sp³-hybridized carbons (Fsp3) is 0.227. The summed E-state index contributed by atoms with van der Waals surface area (Å²) in [4.78, 5) is 14.7. The molecule has 3 N–H and O–H groups in total. The molecule has 7 heteroatoms. The van der Waals surface area contributed by atoms with Crippen molar-refractivity contribution in [1.82, 2.24) is 15.7 Å². The largest absolute Gasteiger partial charge is 0.492 e. The molecule has 0 spiro atoms. The number of carbonyl (C=O) groups is 1. The molecule has 0 saturated carbocycles. The van der Waals surface area contributed by atoms with Crippen LogP contribution in [0, 0.1) is 0 Å². The lowest BCUT2D eigenvalue weighted by Crippen LogP contribution is -2.29. The smallest absolute Gasteiger partial charge is 0.287 e. The molecule has 152 valence electrons. The van der Waals surface area contributed by atoms with Gasteiger partial charge in [-0.05, 0) is 50.0 Å². The Labute approximate surface area is 169 Å². The van der Waals surface area contributed by atoms with Crippen molar-refractivity contribution in [2.24, 2.45) is 0 Å². The second-order valence-electron chi connectivity index (χ2n) is 6.86. The Bertz CT molecular complexity index is 993. The Balaban J connectivity index is 1.59. The molecular weight excluding hydrogens is 370 g/mol. The molecule has 0 radical (unpaired) electrons. The molecule has 3 rings (SSSR count). The molecule has 0 aliphatic rings. The number of nitrogens with one attached hydrogen (secondary N) is 2. The standard InChI is InChI=1S/C22H25N3O4/c1-15(24-27)16-8-10-17(11-9-16)28-13-12-23-22(26)21-19(14-25(2)3)18-6-4-5-7-20(18)29-21/h4-11,24,27H,1,12-14H2,2-3H3,(H,23,26). The van der Waals surface area contributed by atoms with Crippen molar-refractivity contribution in [2.45, 2.75) is 6.54 Å². The number of hydrogen-bond donors (Lipinski definition) is 3. The molecule has 0 atom stereocenters. The van der Waals surface area contributed by atoms with Gasteiger partial charge in [-0.15, -0.1) is 0 Å². The van der Waals surface area contributed by atoms with Crippen molar-refractivity contribution in [1.29, 1.82) is 0 Å². The summed E-state index contributed by atoms with van der Waals surface area (Å²) in [5.74, 6) is 0.729. The average molecular weight is 395 g/mol. The van der Waals surface area contributed by atoms with Crippen LogP contribution >= 0.6 is 0 Å². The number of fused-ring (bicyclic) bond motifs is 1. The van der Waals surface area contributed by atoms with Crippen molar-refractivity contribution in [3.05, 3.63) is 72.0 Å². The molecule has 0 bridgehead atoms. The minimum atomic E-state index is -0.262. The van der Waals surface area contributed by atoms with Gasteiger partial charge in [0.05, 0.1) is 12.2 Å². The first-order valence-electron chi connectivity index (χ1n) is 9.25. The van der Waals surface area contributed by atoms with E-state index in [-0.39, 0.29) is 5.91 Å². The van der Waals surface area contributed by atoms with Gasteiger partial charge in [0.25, 0.3) is 5.91 Å². The molecule has 1 aromatic heterocycles. The summed E-state index contributed by atoms with van der Waals surface area (Å²) < 4.78 is 11.5. The summed E-state index contributed by atoms with van der Waals surface area (Å²) in [5.41, 5.74) is 4.75. The summed E-state index contributed by atoms with van der Waals surface area (Å²) in [7, 11) is 3.91. The van der Waals surface area contributed by atoms with E-state index in [9.17, 15) is 4.79 Å². The van der Waals surface area contributed by atoms with Crippen LogP contribution in [0.15, 0.2) is 59.5 Å². The van der Waals surface area contributed by atoms with E-state index in [2.05, 4.69) is 11.9 Å². The van der Waals surface area contributed by atoms with Gasteiger partial charge in [0.1, 0.15) is 17.9 Å². The van der Waals surface area contributed by atoms with Gasteiger partial charge < -0.3 is 19.4 Å². The topological polar surface area (TPSA) is 87.0 Å². The summed E-state index contributed by atoms with van der Waals surface area (Å²) in [6, 6.07) is 14.7. The van der Waals surface area contributed by atoms with Gasteiger partial charge in [-0.1, -0.05) is 24.8 Å². The summed E-state index contributed by atoms with van der Waals surface area (Å²) in [6.45, 7) is 4.93. The van der Waals surface area contributed by atoms with E-state index >= 15 is 0 Å². The molecule has 0 unspecified atom stereocenters. The molecule has 7 nitrogen and oxygen atoms in total. The van der Waals surface area contributed by atoms with Crippen LogP contribution < -0.4 is 15.5 Å². The van der Waals surface area contributed by atoms with E-state index in [0.717, 1.165) is 16.5 Å². The van der Waals surface area contributed by atoms with Gasteiger partial charge in [0.2, 0.25) is 0 Å². The minimum Gasteiger partial charge on any atom is -0.492 e. The zero-order valence-corrected chi connectivity index (χ0v) is 16.6. The molecule has 0 aliphatic carbocycles. The fourth-order valence-electron chi connectivity index (χ4n) is 2.99. The van der Waals surface area contributed by atoms with Gasteiger partial charge in [-0.3, -0.25) is 15.5 Å². The number of ether oxygens (including phenoxy) is 1. The Kier molecular flexibility index (Phi) is 6.54. The molecule has 0 saturated heterocycles. The van der Waals surface area contributed by atoms with Crippen LogP contribution in [0.4, 0.5) is 0 Å². The number of furan rings is 1. The van der Waals surface area contributed by atoms with Crippen molar-refractivity contribution in [3.8, 4) is 5.75 Å². The quantitative estimate of drug-likeness (QED) is 0.381. The number of rotatable bonds is 9. The fourth-order valence-corrected chi connectivity index (χ4v) is 2.99. The molecule has 0 fully saturated rings. The third-order valence-electron chi connectivity index (χ3n) is 4.37. The number of hydrogen-bond acceptors (Lipinski definition) is 6. The molecule has 1 heterocycles. The first-order chi connectivity index (χ1) is 14.0. The highest BCUT2D eigenvalue weighted by atomic mass is 16.5. The lowest BCUT2D eigenvalue weighted by molar-refractivity contribution is 0.0919. The van der Waals surface area contributed by atoms with Gasteiger partial charge in [-0.2, -0.15) is 0 Å². The number of nitrogens with zero attached hydrogens (tertiary/aromatic N) is 1. The van der Waals surface area contributed by atoms with Crippen LogP contribution in [0.1, 0.15) is 21.7 Å². The minimum absolute atomic E-state index is 0.262. The van der Waals surface area contributed by atoms with Crippen LogP contribution in [0.25, 0.3) is 16.7 Å². The van der Waals surface area contributed by atoms with E-state index < -0.39 is 0 Å². The summed E-state index contributed by atoms with van der Waals surface area (Å²) in [6.07, 6.45) is 0. The number of benzene rings is 2. The van der Waals surface area contributed by atoms with Crippen LogP contribution in [0.2, 0.25) is 0 Å². The predicted molar refractivity (Wildman–Crippen MR) is 112 cm³/mol. The van der Waals surface area contributed by atoms with E-state index in [0.29, 0.717) is 42.5 Å². The third kappa shape index (κ3) is 4.96. The zero-order valence-electron chi connectivity index (χ0n) is 16.6. The van der Waals surface area contributed by atoms with Crippen molar-refractivity contribution >= 4 is 22.6 Å². The van der Waals surface area contributed by atoms with Crippen LogP contribution in [0.3, 0.4) is 0 Å². The number of carbonyl (C=O) groups excluding carboxylic acids is 1. The van der Waals surface area contributed by atoms with Crippen LogP contribution in [-0.4, -0.2) is 43.3 Å². The zero-order chi connectivity index (χ0) is 20.8. The Morgan fingerprint density at radius 1 is 1.17 bits per heavy atom.